The summed E-state index contributed by atoms with van der Waals surface area (Å²) in [7, 11) is -1.69. The normalized spacial score (nSPS) is 20.4. The van der Waals surface area contributed by atoms with Crippen molar-refractivity contribution < 1.29 is 4.43 Å². The zero-order valence-electron chi connectivity index (χ0n) is 13.6. The molecule has 0 aliphatic heterocycles. The molecule has 0 heterocycles. The largest absolute Gasteiger partial charge is 0.547 e. The lowest BCUT2D eigenvalue weighted by Gasteiger charge is -2.38. The Morgan fingerprint density at radius 2 is 1.75 bits per heavy atom. The predicted octanol–water partition coefficient (Wildman–Crippen LogP) is 5.86. The van der Waals surface area contributed by atoms with Gasteiger partial charge in [-0.05, 0) is 42.6 Å². The van der Waals surface area contributed by atoms with Crippen LogP contribution in [-0.2, 0) is 4.43 Å². The maximum Gasteiger partial charge on any atom is 0.250 e. The first kappa shape index (κ1) is 15.4. The van der Waals surface area contributed by atoms with Crippen LogP contribution in [0.2, 0.25) is 18.1 Å². The monoisotopic (exact) mass is 288 g/mol. The van der Waals surface area contributed by atoms with Crippen molar-refractivity contribution in [2.75, 3.05) is 0 Å². The standard InChI is InChI=1S/C18H28OSi/c1-18(2,3)20(4,5)19-17-13-9-12-16(14-17)15-10-7-6-8-11-15/h6-8,10-11,14,16H,9,12-13H2,1-5H3. The van der Waals surface area contributed by atoms with Crippen LogP contribution in [0.15, 0.2) is 42.2 Å². The third-order valence-electron chi connectivity index (χ3n) is 4.75. The highest BCUT2D eigenvalue weighted by Gasteiger charge is 2.39. The number of allylic oxidation sites excluding steroid dienone is 2. The molecule has 0 radical (unpaired) electrons. The minimum absolute atomic E-state index is 0.271. The van der Waals surface area contributed by atoms with E-state index in [2.05, 4.69) is 70.3 Å². The summed E-state index contributed by atoms with van der Waals surface area (Å²) in [5, 5.41) is 0.271. The van der Waals surface area contributed by atoms with Crippen molar-refractivity contribution in [1.82, 2.24) is 0 Å². The molecule has 2 rings (SSSR count). The Bertz CT molecular complexity index is 468. The summed E-state index contributed by atoms with van der Waals surface area (Å²) in [6.07, 6.45) is 5.96. The fraction of sp³-hybridized carbons (Fsp3) is 0.556. The Morgan fingerprint density at radius 1 is 1.10 bits per heavy atom. The van der Waals surface area contributed by atoms with Crippen LogP contribution in [0, 0.1) is 0 Å². The van der Waals surface area contributed by atoms with Gasteiger partial charge in [0.05, 0.1) is 5.76 Å². The van der Waals surface area contributed by atoms with Gasteiger partial charge in [-0.15, -0.1) is 0 Å². The lowest BCUT2D eigenvalue weighted by Crippen LogP contribution is -2.40. The smallest absolute Gasteiger partial charge is 0.250 e. The molecule has 0 aromatic heterocycles. The van der Waals surface area contributed by atoms with Crippen LogP contribution in [0.25, 0.3) is 0 Å². The molecule has 1 aliphatic rings. The third kappa shape index (κ3) is 3.54. The van der Waals surface area contributed by atoms with E-state index in [0.29, 0.717) is 5.92 Å². The molecule has 0 fully saturated rings. The van der Waals surface area contributed by atoms with Gasteiger partial charge in [-0.25, -0.2) is 0 Å². The zero-order chi connectivity index (χ0) is 14.8. The van der Waals surface area contributed by atoms with E-state index in [1.807, 2.05) is 0 Å². The summed E-state index contributed by atoms with van der Waals surface area (Å²) in [4.78, 5) is 0. The van der Waals surface area contributed by atoms with Crippen molar-refractivity contribution in [1.29, 1.82) is 0 Å². The van der Waals surface area contributed by atoms with Gasteiger partial charge in [-0.3, -0.25) is 0 Å². The predicted molar refractivity (Wildman–Crippen MR) is 89.4 cm³/mol. The molecular formula is C18H28OSi. The average Bonchev–Trinajstić information content (AvgIpc) is 2.38. The van der Waals surface area contributed by atoms with Crippen molar-refractivity contribution >= 4 is 8.32 Å². The van der Waals surface area contributed by atoms with Crippen LogP contribution in [0.4, 0.5) is 0 Å². The first-order valence-electron chi connectivity index (χ1n) is 7.74. The molecule has 1 nitrogen and oxygen atoms in total. The zero-order valence-corrected chi connectivity index (χ0v) is 14.6. The van der Waals surface area contributed by atoms with Gasteiger partial charge in [0.15, 0.2) is 0 Å². The van der Waals surface area contributed by atoms with Gasteiger partial charge in [0.1, 0.15) is 0 Å². The molecule has 0 amide bonds. The summed E-state index contributed by atoms with van der Waals surface area (Å²) in [5.41, 5.74) is 1.42. The molecular weight excluding hydrogens is 260 g/mol. The van der Waals surface area contributed by atoms with Gasteiger partial charge in [-0.1, -0.05) is 51.1 Å². The van der Waals surface area contributed by atoms with Gasteiger partial charge < -0.3 is 4.43 Å². The molecule has 110 valence electrons. The van der Waals surface area contributed by atoms with E-state index in [4.69, 9.17) is 4.43 Å². The van der Waals surface area contributed by atoms with E-state index in [-0.39, 0.29) is 5.04 Å². The highest BCUT2D eigenvalue weighted by atomic mass is 28.4. The molecule has 20 heavy (non-hydrogen) atoms. The van der Waals surface area contributed by atoms with Crippen LogP contribution in [0.3, 0.4) is 0 Å². The third-order valence-corrected chi connectivity index (χ3v) is 9.13. The number of rotatable bonds is 3. The second kappa shape index (κ2) is 5.77. The summed E-state index contributed by atoms with van der Waals surface area (Å²) in [6.45, 7) is 11.6. The summed E-state index contributed by atoms with van der Waals surface area (Å²) < 4.78 is 6.49. The highest BCUT2D eigenvalue weighted by Crippen LogP contribution is 2.40. The van der Waals surface area contributed by atoms with Gasteiger partial charge in [0, 0.05) is 12.3 Å². The van der Waals surface area contributed by atoms with Crippen LogP contribution in [0.1, 0.15) is 51.5 Å². The Balaban J connectivity index is 2.15. The van der Waals surface area contributed by atoms with Crippen molar-refractivity contribution in [3.63, 3.8) is 0 Å². The summed E-state index contributed by atoms with van der Waals surface area (Å²) >= 11 is 0. The fourth-order valence-corrected chi connectivity index (χ4v) is 3.55. The van der Waals surface area contributed by atoms with E-state index in [1.165, 1.54) is 24.2 Å². The van der Waals surface area contributed by atoms with E-state index < -0.39 is 8.32 Å². The Hall–Kier alpha value is -1.02. The maximum atomic E-state index is 6.49. The second-order valence-electron chi connectivity index (χ2n) is 7.40. The van der Waals surface area contributed by atoms with E-state index >= 15 is 0 Å². The summed E-state index contributed by atoms with van der Waals surface area (Å²) in [6, 6.07) is 10.8. The lowest BCUT2D eigenvalue weighted by atomic mass is 9.89. The van der Waals surface area contributed by atoms with Gasteiger partial charge in [-0.2, -0.15) is 0 Å². The van der Waals surface area contributed by atoms with Crippen LogP contribution in [-0.4, -0.2) is 8.32 Å². The minimum atomic E-state index is -1.69. The molecule has 1 aromatic rings. The van der Waals surface area contributed by atoms with Gasteiger partial charge in [0.25, 0.3) is 0 Å². The summed E-state index contributed by atoms with van der Waals surface area (Å²) in [5.74, 6) is 1.77. The molecule has 1 unspecified atom stereocenters. The average molecular weight is 289 g/mol. The van der Waals surface area contributed by atoms with Gasteiger partial charge >= 0.3 is 0 Å². The topological polar surface area (TPSA) is 9.23 Å². The Morgan fingerprint density at radius 3 is 2.35 bits per heavy atom. The molecule has 2 heteroatoms. The second-order valence-corrected chi connectivity index (χ2v) is 12.1. The molecule has 0 saturated heterocycles. The lowest BCUT2D eigenvalue weighted by molar-refractivity contribution is 0.346. The molecule has 0 N–H and O–H groups in total. The molecule has 1 aliphatic carbocycles. The first-order chi connectivity index (χ1) is 9.29. The highest BCUT2D eigenvalue weighted by molar-refractivity contribution is 6.74. The molecule has 0 spiro atoms. The minimum Gasteiger partial charge on any atom is -0.547 e. The van der Waals surface area contributed by atoms with Crippen molar-refractivity contribution in [3.05, 3.63) is 47.7 Å². The van der Waals surface area contributed by atoms with Gasteiger partial charge in [0.2, 0.25) is 8.32 Å². The number of hydrogen-bond donors (Lipinski definition) is 0. The SMILES string of the molecule is CC(C)(C)[Si](C)(C)OC1=CC(c2ccccc2)CCC1. The Labute approximate surface area is 125 Å². The van der Waals surface area contributed by atoms with Crippen LogP contribution >= 0.6 is 0 Å². The molecule has 1 atom stereocenters. The van der Waals surface area contributed by atoms with Crippen LogP contribution in [0.5, 0.6) is 0 Å². The number of benzene rings is 1. The fourth-order valence-electron chi connectivity index (χ4n) is 2.42. The van der Waals surface area contributed by atoms with E-state index in [0.717, 1.165) is 6.42 Å². The van der Waals surface area contributed by atoms with E-state index in [9.17, 15) is 0 Å². The molecule has 0 bridgehead atoms. The maximum absolute atomic E-state index is 6.49. The molecule has 1 aromatic carbocycles. The van der Waals surface area contributed by atoms with Crippen LogP contribution < -0.4 is 0 Å². The Kier molecular flexibility index (Phi) is 4.43. The quantitative estimate of drug-likeness (QED) is 0.633. The van der Waals surface area contributed by atoms with Crippen molar-refractivity contribution in [3.8, 4) is 0 Å². The van der Waals surface area contributed by atoms with Crippen molar-refractivity contribution in [2.45, 2.75) is 64.1 Å². The molecule has 0 saturated carbocycles. The van der Waals surface area contributed by atoms with E-state index in [1.54, 1.807) is 0 Å². The first-order valence-corrected chi connectivity index (χ1v) is 10.6. The van der Waals surface area contributed by atoms with Crippen molar-refractivity contribution in [2.24, 2.45) is 0 Å². The number of hydrogen-bond acceptors (Lipinski definition) is 1.